The van der Waals surface area contributed by atoms with Crippen LogP contribution in [-0.4, -0.2) is 23.5 Å². The second-order valence-corrected chi connectivity index (χ2v) is 5.26. The first-order valence-electron chi connectivity index (χ1n) is 7.51. The van der Waals surface area contributed by atoms with E-state index in [9.17, 15) is 4.79 Å². The molecule has 1 amide bonds. The first kappa shape index (κ1) is 14.4. The van der Waals surface area contributed by atoms with Crippen molar-refractivity contribution in [2.45, 2.75) is 25.8 Å². The van der Waals surface area contributed by atoms with E-state index >= 15 is 0 Å². The summed E-state index contributed by atoms with van der Waals surface area (Å²) in [4.78, 5) is 16.1. The summed E-state index contributed by atoms with van der Waals surface area (Å²) >= 11 is 0. The van der Waals surface area contributed by atoms with Gasteiger partial charge in [0.1, 0.15) is 11.4 Å². The summed E-state index contributed by atoms with van der Waals surface area (Å²) < 4.78 is 5.41. The smallest absolute Gasteiger partial charge is 0.270 e. The standard InChI is InChI=1S/C17H19N3O2/c1-2-22-15-8-5-12(6-9-15)19-14-7-10-16(18-11-14)17(21)20-13-3-4-13/h5-11,13,19H,2-4H2,1H3,(H,20,21). The number of amides is 1. The van der Waals surface area contributed by atoms with Crippen molar-refractivity contribution in [3.05, 3.63) is 48.3 Å². The van der Waals surface area contributed by atoms with Gasteiger partial charge >= 0.3 is 0 Å². The van der Waals surface area contributed by atoms with Crippen molar-refractivity contribution in [2.75, 3.05) is 11.9 Å². The van der Waals surface area contributed by atoms with E-state index in [2.05, 4.69) is 15.6 Å². The third-order valence-electron chi connectivity index (χ3n) is 3.36. The minimum atomic E-state index is -0.102. The molecule has 3 rings (SSSR count). The van der Waals surface area contributed by atoms with Gasteiger partial charge in [0.15, 0.2) is 0 Å². The molecule has 5 nitrogen and oxygen atoms in total. The minimum absolute atomic E-state index is 0.102. The molecular formula is C17H19N3O2. The van der Waals surface area contributed by atoms with Crippen molar-refractivity contribution in [3.63, 3.8) is 0 Å². The van der Waals surface area contributed by atoms with Crippen LogP contribution in [0.1, 0.15) is 30.3 Å². The highest BCUT2D eigenvalue weighted by Gasteiger charge is 2.24. The van der Waals surface area contributed by atoms with E-state index in [4.69, 9.17) is 4.74 Å². The largest absolute Gasteiger partial charge is 0.494 e. The molecule has 1 aromatic carbocycles. The molecule has 1 aliphatic rings. The van der Waals surface area contributed by atoms with Crippen LogP contribution in [0.15, 0.2) is 42.6 Å². The lowest BCUT2D eigenvalue weighted by molar-refractivity contribution is 0.0946. The molecule has 2 N–H and O–H groups in total. The molecular weight excluding hydrogens is 278 g/mol. The Bertz CT molecular complexity index is 634. The molecule has 1 heterocycles. The molecule has 0 radical (unpaired) electrons. The first-order valence-corrected chi connectivity index (χ1v) is 7.51. The van der Waals surface area contributed by atoms with Gasteiger partial charge in [-0.15, -0.1) is 0 Å². The van der Waals surface area contributed by atoms with Crippen molar-refractivity contribution in [3.8, 4) is 5.75 Å². The third-order valence-corrected chi connectivity index (χ3v) is 3.36. The number of pyridine rings is 1. The Morgan fingerprint density at radius 3 is 2.50 bits per heavy atom. The summed E-state index contributed by atoms with van der Waals surface area (Å²) in [5.74, 6) is 0.744. The van der Waals surface area contributed by atoms with Crippen LogP contribution in [0, 0.1) is 0 Å². The highest BCUT2D eigenvalue weighted by molar-refractivity contribution is 5.92. The number of benzene rings is 1. The maximum Gasteiger partial charge on any atom is 0.270 e. The molecule has 5 heteroatoms. The van der Waals surface area contributed by atoms with Crippen molar-refractivity contribution in [2.24, 2.45) is 0 Å². The Kier molecular flexibility index (Phi) is 4.23. The molecule has 0 spiro atoms. The predicted octanol–water partition coefficient (Wildman–Crippen LogP) is 3.12. The topological polar surface area (TPSA) is 63.2 Å². The minimum Gasteiger partial charge on any atom is -0.494 e. The van der Waals surface area contributed by atoms with Gasteiger partial charge in [-0.25, -0.2) is 4.98 Å². The number of carbonyl (C=O) groups is 1. The number of hydrogen-bond acceptors (Lipinski definition) is 4. The second kappa shape index (κ2) is 6.47. The summed E-state index contributed by atoms with van der Waals surface area (Å²) in [6.45, 7) is 2.61. The van der Waals surface area contributed by atoms with Crippen LogP contribution in [0.4, 0.5) is 11.4 Å². The van der Waals surface area contributed by atoms with Gasteiger partial charge < -0.3 is 15.4 Å². The van der Waals surface area contributed by atoms with Gasteiger partial charge in [-0.05, 0) is 56.2 Å². The lowest BCUT2D eigenvalue weighted by atomic mass is 10.2. The van der Waals surface area contributed by atoms with Crippen LogP contribution in [0.25, 0.3) is 0 Å². The first-order chi connectivity index (χ1) is 10.7. The molecule has 1 fully saturated rings. The normalized spacial score (nSPS) is 13.5. The fraction of sp³-hybridized carbons (Fsp3) is 0.294. The number of nitrogens with zero attached hydrogens (tertiary/aromatic N) is 1. The average molecular weight is 297 g/mol. The van der Waals surface area contributed by atoms with E-state index in [-0.39, 0.29) is 5.91 Å². The van der Waals surface area contributed by atoms with E-state index in [0.29, 0.717) is 18.3 Å². The number of aromatic nitrogens is 1. The molecule has 114 valence electrons. The van der Waals surface area contributed by atoms with Gasteiger partial charge in [0.25, 0.3) is 5.91 Å². The van der Waals surface area contributed by atoms with Crippen LogP contribution in [0.3, 0.4) is 0 Å². The zero-order chi connectivity index (χ0) is 15.4. The van der Waals surface area contributed by atoms with Crippen LogP contribution in [0.2, 0.25) is 0 Å². The summed E-state index contributed by atoms with van der Waals surface area (Å²) in [5.41, 5.74) is 2.23. The van der Waals surface area contributed by atoms with Crippen molar-refractivity contribution >= 4 is 17.3 Å². The summed E-state index contributed by atoms with van der Waals surface area (Å²) in [6, 6.07) is 11.6. The Labute approximate surface area is 129 Å². The number of anilines is 2. The van der Waals surface area contributed by atoms with Gasteiger partial charge in [-0.1, -0.05) is 0 Å². The van der Waals surface area contributed by atoms with E-state index in [1.807, 2.05) is 37.3 Å². The fourth-order valence-corrected chi connectivity index (χ4v) is 2.06. The SMILES string of the molecule is CCOc1ccc(Nc2ccc(C(=O)NC3CC3)nc2)cc1. The number of carbonyl (C=O) groups excluding carboxylic acids is 1. The molecule has 0 bridgehead atoms. The Balaban J connectivity index is 1.61. The van der Waals surface area contributed by atoms with E-state index in [1.54, 1.807) is 12.3 Å². The average Bonchev–Trinajstić information content (AvgIpc) is 3.34. The van der Waals surface area contributed by atoms with Crippen LogP contribution >= 0.6 is 0 Å². The van der Waals surface area contributed by atoms with Crippen molar-refractivity contribution < 1.29 is 9.53 Å². The van der Waals surface area contributed by atoms with Crippen molar-refractivity contribution in [1.82, 2.24) is 10.3 Å². The number of rotatable bonds is 6. The molecule has 2 aromatic rings. The molecule has 1 aliphatic carbocycles. The van der Waals surface area contributed by atoms with Crippen LogP contribution < -0.4 is 15.4 Å². The Morgan fingerprint density at radius 2 is 1.91 bits per heavy atom. The number of nitrogens with one attached hydrogen (secondary N) is 2. The van der Waals surface area contributed by atoms with E-state index in [1.165, 1.54) is 0 Å². The van der Waals surface area contributed by atoms with E-state index < -0.39 is 0 Å². The maximum atomic E-state index is 11.9. The summed E-state index contributed by atoms with van der Waals surface area (Å²) in [7, 11) is 0. The van der Waals surface area contributed by atoms with E-state index in [0.717, 1.165) is 30.0 Å². The molecule has 22 heavy (non-hydrogen) atoms. The molecule has 0 saturated heterocycles. The Morgan fingerprint density at radius 1 is 1.18 bits per heavy atom. The highest BCUT2D eigenvalue weighted by atomic mass is 16.5. The zero-order valence-electron chi connectivity index (χ0n) is 12.5. The van der Waals surface area contributed by atoms with Gasteiger partial charge in [-0.2, -0.15) is 0 Å². The number of hydrogen-bond donors (Lipinski definition) is 2. The van der Waals surface area contributed by atoms with Gasteiger partial charge in [-0.3, -0.25) is 4.79 Å². The molecule has 0 atom stereocenters. The van der Waals surface area contributed by atoms with Gasteiger partial charge in [0, 0.05) is 11.7 Å². The lowest BCUT2D eigenvalue weighted by Crippen LogP contribution is -2.26. The predicted molar refractivity (Wildman–Crippen MR) is 85.6 cm³/mol. The summed E-state index contributed by atoms with van der Waals surface area (Å²) in [6.07, 6.45) is 3.81. The Hall–Kier alpha value is -2.56. The number of ether oxygens (including phenoxy) is 1. The zero-order valence-corrected chi connectivity index (χ0v) is 12.5. The third kappa shape index (κ3) is 3.75. The molecule has 0 unspecified atom stereocenters. The molecule has 0 aliphatic heterocycles. The quantitative estimate of drug-likeness (QED) is 0.860. The maximum absolute atomic E-state index is 11.9. The van der Waals surface area contributed by atoms with Gasteiger partial charge in [0.05, 0.1) is 18.5 Å². The van der Waals surface area contributed by atoms with Crippen molar-refractivity contribution in [1.29, 1.82) is 0 Å². The van der Waals surface area contributed by atoms with Gasteiger partial charge in [0.2, 0.25) is 0 Å². The van der Waals surface area contributed by atoms with Crippen LogP contribution in [0.5, 0.6) is 5.75 Å². The molecule has 1 saturated carbocycles. The summed E-state index contributed by atoms with van der Waals surface area (Å²) in [5, 5.41) is 6.16. The second-order valence-electron chi connectivity index (χ2n) is 5.26. The lowest BCUT2D eigenvalue weighted by Gasteiger charge is -2.08. The fourth-order valence-electron chi connectivity index (χ4n) is 2.06. The van der Waals surface area contributed by atoms with Crippen LogP contribution in [-0.2, 0) is 0 Å². The molecule has 1 aromatic heterocycles. The highest BCUT2D eigenvalue weighted by Crippen LogP contribution is 2.21. The monoisotopic (exact) mass is 297 g/mol.